The standard InChI is InChI=1S/C10H13NO4S/c1-2-16(14,15)11-9(10(12)13)8-6-4-3-5-7-8/h3-7,9,11H,2H2,1H3,(H,12,13)/t9-/m0/s1. The van der Waals surface area contributed by atoms with Crippen LogP contribution in [0.15, 0.2) is 30.3 Å². The van der Waals surface area contributed by atoms with E-state index in [1.54, 1.807) is 30.3 Å². The minimum atomic E-state index is -3.54. The maximum Gasteiger partial charge on any atom is 0.326 e. The third-order valence-electron chi connectivity index (χ3n) is 2.06. The van der Waals surface area contributed by atoms with Gasteiger partial charge in [0.25, 0.3) is 0 Å². The number of benzene rings is 1. The molecule has 1 rings (SSSR count). The summed E-state index contributed by atoms with van der Waals surface area (Å²) in [5.74, 6) is -1.37. The summed E-state index contributed by atoms with van der Waals surface area (Å²) in [7, 11) is -3.54. The fraction of sp³-hybridized carbons (Fsp3) is 0.300. The summed E-state index contributed by atoms with van der Waals surface area (Å²) in [5, 5.41) is 8.96. The van der Waals surface area contributed by atoms with Crippen molar-refractivity contribution in [3.63, 3.8) is 0 Å². The molecule has 88 valence electrons. The Morgan fingerprint density at radius 1 is 1.38 bits per heavy atom. The van der Waals surface area contributed by atoms with Gasteiger partial charge in [0.05, 0.1) is 5.75 Å². The van der Waals surface area contributed by atoms with Crippen molar-refractivity contribution in [2.75, 3.05) is 5.75 Å². The van der Waals surface area contributed by atoms with Crippen LogP contribution in [0.3, 0.4) is 0 Å². The highest BCUT2D eigenvalue weighted by Crippen LogP contribution is 2.13. The van der Waals surface area contributed by atoms with Gasteiger partial charge in [-0.05, 0) is 12.5 Å². The number of carboxylic acids is 1. The van der Waals surface area contributed by atoms with E-state index >= 15 is 0 Å². The number of aliphatic carboxylic acids is 1. The molecule has 1 aromatic carbocycles. The second-order valence-corrected chi connectivity index (χ2v) is 5.25. The molecule has 0 saturated heterocycles. The van der Waals surface area contributed by atoms with Crippen LogP contribution in [0.25, 0.3) is 0 Å². The molecule has 0 fully saturated rings. The Balaban J connectivity index is 2.99. The molecule has 0 aliphatic rings. The highest BCUT2D eigenvalue weighted by molar-refractivity contribution is 7.89. The van der Waals surface area contributed by atoms with Gasteiger partial charge < -0.3 is 5.11 Å². The van der Waals surface area contributed by atoms with Crippen LogP contribution in [0.1, 0.15) is 18.5 Å². The summed E-state index contributed by atoms with van der Waals surface area (Å²) in [6, 6.07) is 6.95. The molecule has 6 heteroatoms. The van der Waals surface area contributed by atoms with E-state index in [4.69, 9.17) is 5.11 Å². The number of sulfonamides is 1. The molecule has 0 saturated carbocycles. The molecule has 0 aromatic heterocycles. The summed E-state index contributed by atoms with van der Waals surface area (Å²) in [4.78, 5) is 11.0. The first-order valence-corrected chi connectivity index (χ1v) is 6.39. The smallest absolute Gasteiger partial charge is 0.326 e. The van der Waals surface area contributed by atoms with Crippen LogP contribution in [0.2, 0.25) is 0 Å². The van der Waals surface area contributed by atoms with Crippen molar-refractivity contribution in [3.8, 4) is 0 Å². The average molecular weight is 243 g/mol. The maximum atomic E-state index is 11.3. The third kappa shape index (κ3) is 3.32. The van der Waals surface area contributed by atoms with Crippen LogP contribution in [-0.2, 0) is 14.8 Å². The number of carboxylic acid groups (broad SMARTS) is 1. The van der Waals surface area contributed by atoms with Crippen molar-refractivity contribution >= 4 is 16.0 Å². The maximum absolute atomic E-state index is 11.3. The summed E-state index contributed by atoms with van der Waals surface area (Å²) in [6.07, 6.45) is 0. The molecule has 0 amide bonds. The molecule has 1 atom stereocenters. The fourth-order valence-electron chi connectivity index (χ4n) is 1.17. The van der Waals surface area contributed by atoms with Crippen LogP contribution in [0, 0.1) is 0 Å². The summed E-state index contributed by atoms with van der Waals surface area (Å²) in [6.45, 7) is 1.45. The van der Waals surface area contributed by atoms with Crippen molar-refractivity contribution < 1.29 is 18.3 Å². The lowest BCUT2D eigenvalue weighted by Crippen LogP contribution is -2.34. The van der Waals surface area contributed by atoms with Crippen LogP contribution in [-0.4, -0.2) is 25.2 Å². The molecule has 0 bridgehead atoms. The molecule has 0 radical (unpaired) electrons. The molecule has 0 spiro atoms. The predicted octanol–water partition coefficient (Wildman–Crippen LogP) is 0.752. The lowest BCUT2D eigenvalue weighted by molar-refractivity contribution is -0.139. The van der Waals surface area contributed by atoms with E-state index in [1.165, 1.54) is 6.92 Å². The van der Waals surface area contributed by atoms with Crippen LogP contribution < -0.4 is 4.72 Å². The molecule has 1 aromatic rings. The zero-order chi connectivity index (χ0) is 12.2. The van der Waals surface area contributed by atoms with E-state index < -0.39 is 22.0 Å². The van der Waals surface area contributed by atoms with Crippen molar-refractivity contribution in [2.45, 2.75) is 13.0 Å². The summed E-state index contributed by atoms with van der Waals surface area (Å²) < 4.78 is 24.8. The Bertz CT molecular complexity index is 455. The second kappa shape index (κ2) is 5.09. The monoisotopic (exact) mass is 243 g/mol. The van der Waals surface area contributed by atoms with Gasteiger partial charge in [-0.2, -0.15) is 4.72 Å². The first-order chi connectivity index (χ1) is 7.46. The van der Waals surface area contributed by atoms with E-state index in [0.717, 1.165) is 0 Å². The molecule has 2 N–H and O–H groups in total. The van der Waals surface area contributed by atoms with E-state index in [1.807, 2.05) is 0 Å². The Morgan fingerprint density at radius 3 is 2.38 bits per heavy atom. The van der Waals surface area contributed by atoms with Crippen LogP contribution in [0.4, 0.5) is 0 Å². The second-order valence-electron chi connectivity index (χ2n) is 3.20. The number of hydrogen-bond acceptors (Lipinski definition) is 3. The van der Waals surface area contributed by atoms with Gasteiger partial charge in [-0.25, -0.2) is 8.42 Å². The Kier molecular flexibility index (Phi) is 4.03. The number of carbonyl (C=O) groups is 1. The zero-order valence-electron chi connectivity index (χ0n) is 8.75. The number of hydrogen-bond donors (Lipinski definition) is 2. The van der Waals surface area contributed by atoms with Gasteiger partial charge >= 0.3 is 5.97 Å². The van der Waals surface area contributed by atoms with E-state index in [9.17, 15) is 13.2 Å². The van der Waals surface area contributed by atoms with E-state index in [-0.39, 0.29) is 5.75 Å². The molecule has 0 heterocycles. The summed E-state index contributed by atoms with van der Waals surface area (Å²) in [5.41, 5.74) is 0.409. The summed E-state index contributed by atoms with van der Waals surface area (Å²) >= 11 is 0. The molecule has 0 aliphatic carbocycles. The Morgan fingerprint density at radius 2 is 1.94 bits per heavy atom. The topological polar surface area (TPSA) is 83.5 Å². The van der Waals surface area contributed by atoms with E-state index in [0.29, 0.717) is 5.56 Å². The Labute approximate surface area is 94.2 Å². The Hall–Kier alpha value is -1.40. The highest BCUT2D eigenvalue weighted by atomic mass is 32.2. The fourth-order valence-corrected chi connectivity index (χ4v) is 1.93. The minimum absolute atomic E-state index is 0.149. The van der Waals surface area contributed by atoms with Gasteiger partial charge in [-0.15, -0.1) is 0 Å². The van der Waals surface area contributed by atoms with Gasteiger partial charge in [-0.1, -0.05) is 30.3 Å². The first kappa shape index (κ1) is 12.7. The normalized spacial score (nSPS) is 13.3. The van der Waals surface area contributed by atoms with Crippen LogP contribution >= 0.6 is 0 Å². The lowest BCUT2D eigenvalue weighted by Gasteiger charge is -2.14. The largest absolute Gasteiger partial charge is 0.480 e. The van der Waals surface area contributed by atoms with Gasteiger partial charge in [0, 0.05) is 0 Å². The molecular weight excluding hydrogens is 230 g/mol. The minimum Gasteiger partial charge on any atom is -0.480 e. The number of nitrogens with one attached hydrogen (secondary N) is 1. The lowest BCUT2D eigenvalue weighted by atomic mass is 10.1. The molecule has 16 heavy (non-hydrogen) atoms. The van der Waals surface area contributed by atoms with Crippen molar-refractivity contribution in [1.29, 1.82) is 0 Å². The van der Waals surface area contributed by atoms with Gasteiger partial charge in [0.2, 0.25) is 10.0 Å². The molecule has 5 nitrogen and oxygen atoms in total. The predicted molar refractivity (Wildman–Crippen MR) is 59.4 cm³/mol. The zero-order valence-corrected chi connectivity index (χ0v) is 9.57. The van der Waals surface area contributed by atoms with Gasteiger partial charge in [-0.3, -0.25) is 4.79 Å². The molecular formula is C10H13NO4S. The first-order valence-electron chi connectivity index (χ1n) is 4.74. The SMILES string of the molecule is CCS(=O)(=O)N[C@H](C(=O)O)c1ccccc1. The highest BCUT2D eigenvalue weighted by Gasteiger charge is 2.24. The van der Waals surface area contributed by atoms with Crippen molar-refractivity contribution in [3.05, 3.63) is 35.9 Å². The van der Waals surface area contributed by atoms with Gasteiger partial charge in [0.1, 0.15) is 6.04 Å². The molecule has 0 unspecified atom stereocenters. The van der Waals surface area contributed by atoms with Crippen molar-refractivity contribution in [2.24, 2.45) is 0 Å². The van der Waals surface area contributed by atoms with Gasteiger partial charge in [0.15, 0.2) is 0 Å². The number of rotatable bonds is 5. The average Bonchev–Trinajstić information content (AvgIpc) is 2.27. The van der Waals surface area contributed by atoms with Crippen molar-refractivity contribution in [1.82, 2.24) is 4.72 Å². The quantitative estimate of drug-likeness (QED) is 0.799. The third-order valence-corrected chi connectivity index (χ3v) is 3.41. The molecule has 0 aliphatic heterocycles. The van der Waals surface area contributed by atoms with Crippen LogP contribution in [0.5, 0.6) is 0 Å². The van der Waals surface area contributed by atoms with E-state index in [2.05, 4.69) is 4.72 Å².